The summed E-state index contributed by atoms with van der Waals surface area (Å²) in [5, 5.41) is 13.5. The number of carbonyl (C=O) groups is 1. The molecule has 0 radical (unpaired) electrons. The third-order valence-electron chi connectivity index (χ3n) is 4.32. The smallest absolute Gasteiger partial charge is 0.264 e. The molecule has 0 unspecified atom stereocenters. The van der Waals surface area contributed by atoms with Crippen LogP contribution in [0.4, 0.5) is 10.2 Å². The van der Waals surface area contributed by atoms with Crippen LogP contribution in [0.1, 0.15) is 29.2 Å². The standard InChI is InChI=1S/C17H13BrFN5O2/c1-8-16-11(10-6-9(18)2-3-12(10)19)7-15(26)20-17(16)24(23-8)13-4-5-14(25)22-21-13/h2-6,11H,7H2,1H3,(H,20,26)(H,22,25)/t11-/m0/s1. The van der Waals surface area contributed by atoms with E-state index in [9.17, 15) is 14.0 Å². The number of rotatable bonds is 2. The second kappa shape index (κ2) is 6.17. The molecule has 1 aliphatic rings. The van der Waals surface area contributed by atoms with Gasteiger partial charge in [-0.05, 0) is 36.8 Å². The molecule has 9 heteroatoms. The second-order valence-electron chi connectivity index (χ2n) is 6.01. The normalized spacial score (nSPS) is 16.3. The van der Waals surface area contributed by atoms with Crippen molar-refractivity contribution in [1.29, 1.82) is 0 Å². The van der Waals surface area contributed by atoms with E-state index in [4.69, 9.17) is 0 Å². The largest absolute Gasteiger partial charge is 0.310 e. The molecule has 0 spiro atoms. The van der Waals surface area contributed by atoms with Gasteiger partial charge in [0.1, 0.15) is 11.6 Å². The Morgan fingerprint density at radius 2 is 2.08 bits per heavy atom. The van der Waals surface area contributed by atoms with Crippen molar-refractivity contribution in [1.82, 2.24) is 20.0 Å². The highest BCUT2D eigenvalue weighted by molar-refractivity contribution is 9.10. The Labute approximate surface area is 155 Å². The number of hydrogen-bond donors (Lipinski definition) is 2. The predicted octanol–water partition coefficient (Wildman–Crippen LogP) is 2.64. The van der Waals surface area contributed by atoms with E-state index in [-0.39, 0.29) is 23.7 Å². The van der Waals surface area contributed by atoms with Crippen LogP contribution in [0.5, 0.6) is 0 Å². The highest BCUT2D eigenvalue weighted by Gasteiger charge is 2.34. The quantitative estimate of drug-likeness (QED) is 0.670. The molecule has 4 rings (SSSR count). The number of anilines is 1. The van der Waals surface area contributed by atoms with E-state index < -0.39 is 5.92 Å². The van der Waals surface area contributed by atoms with Crippen LogP contribution < -0.4 is 10.9 Å². The number of nitrogens with zero attached hydrogens (tertiary/aromatic N) is 3. The monoisotopic (exact) mass is 417 g/mol. The molecule has 0 saturated heterocycles. The average molecular weight is 418 g/mol. The molecule has 132 valence electrons. The zero-order chi connectivity index (χ0) is 18.4. The molecule has 3 aromatic rings. The summed E-state index contributed by atoms with van der Waals surface area (Å²) in [5.41, 5.74) is 1.46. The van der Waals surface area contributed by atoms with Crippen molar-refractivity contribution in [3.63, 3.8) is 0 Å². The number of aromatic nitrogens is 4. The van der Waals surface area contributed by atoms with Crippen LogP contribution in [0.25, 0.3) is 5.82 Å². The molecule has 1 atom stereocenters. The second-order valence-corrected chi connectivity index (χ2v) is 6.93. The number of amides is 1. The van der Waals surface area contributed by atoms with Crippen molar-refractivity contribution in [2.24, 2.45) is 0 Å². The predicted molar refractivity (Wildman–Crippen MR) is 95.9 cm³/mol. The molecule has 2 aromatic heterocycles. The van der Waals surface area contributed by atoms with Crippen LogP contribution in [0.15, 0.2) is 39.6 Å². The van der Waals surface area contributed by atoms with Gasteiger partial charge in [-0.1, -0.05) is 15.9 Å². The molecule has 2 N–H and O–H groups in total. The fourth-order valence-corrected chi connectivity index (χ4v) is 3.59. The molecule has 3 heterocycles. The van der Waals surface area contributed by atoms with E-state index in [1.54, 1.807) is 19.1 Å². The summed E-state index contributed by atoms with van der Waals surface area (Å²) >= 11 is 3.35. The van der Waals surface area contributed by atoms with Crippen molar-refractivity contribution in [3.8, 4) is 5.82 Å². The Morgan fingerprint density at radius 1 is 1.27 bits per heavy atom. The van der Waals surface area contributed by atoms with E-state index in [0.29, 0.717) is 22.9 Å². The summed E-state index contributed by atoms with van der Waals surface area (Å²) in [7, 11) is 0. The number of H-pyrrole nitrogens is 1. The van der Waals surface area contributed by atoms with Crippen molar-refractivity contribution >= 4 is 27.7 Å². The molecular formula is C17H13BrFN5O2. The maximum Gasteiger partial charge on any atom is 0.264 e. The van der Waals surface area contributed by atoms with Gasteiger partial charge in [-0.15, -0.1) is 0 Å². The highest BCUT2D eigenvalue weighted by atomic mass is 79.9. The lowest BCUT2D eigenvalue weighted by atomic mass is 9.85. The van der Waals surface area contributed by atoms with Gasteiger partial charge in [0.05, 0.1) is 5.69 Å². The lowest BCUT2D eigenvalue weighted by Gasteiger charge is -2.24. The maximum absolute atomic E-state index is 14.4. The first-order valence-electron chi connectivity index (χ1n) is 7.84. The van der Waals surface area contributed by atoms with Gasteiger partial charge in [0.15, 0.2) is 5.82 Å². The Kier molecular flexibility index (Phi) is 3.95. The zero-order valence-electron chi connectivity index (χ0n) is 13.6. The Hall–Kier alpha value is -2.81. The van der Waals surface area contributed by atoms with Crippen molar-refractivity contribution in [2.75, 3.05) is 5.32 Å². The van der Waals surface area contributed by atoms with Gasteiger partial charge in [-0.25, -0.2) is 9.49 Å². The molecule has 1 amide bonds. The molecule has 0 fully saturated rings. The first kappa shape index (κ1) is 16.6. The first-order chi connectivity index (χ1) is 12.4. The van der Waals surface area contributed by atoms with Gasteiger partial charge in [0.25, 0.3) is 5.56 Å². The van der Waals surface area contributed by atoms with Crippen LogP contribution in [0, 0.1) is 12.7 Å². The summed E-state index contributed by atoms with van der Waals surface area (Å²) in [6.45, 7) is 1.79. The van der Waals surface area contributed by atoms with Crippen LogP contribution in [0.2, 0.25) is 0 Å². The van der Waals surface area contributed by atoms with E-state index in [1.165, 1.54) is 22.9 Å². The number of halogens is 2. The number of aromatic amines is 1. The van der Waals surface area contributed by atoms with E-state index in [1.807, 2.05) is 0 Å². The van der Waals surface area contributed by atoms with Crippen LogP contribution >= 0.6 is 15.9 Å². The number of nitrogens with one attached hydrogen (secondary N) is 2. The van der Waals surface area contributed by atoms with E-state index in [2.05, 4.69) is 36.5 Å². The van der Waals surface area contributed by atoms with Crippen molar-refractivity contribution in [3.05, 3.63) is 67.8 Å². The first-order valence-corrected chi connectivity index (χ1v) is 8.64. The lowest BCUT2D eigenvalue weighted by Crippen LogP contribution is -2.25. The molecular weight excluding hydrogens is 405 g/mol. The van der Waals surface area contributed by atoms with Gasteiger partial charge >= 0.3 is 0 Å². The molecule has 26 heavy (non-hydrogen) atoms. The Balaban J connectivity index is 1.91. The number of carbonyl (C=O) groups excluding carboxylic acids is 1. The summed E-state index contributed by atoms with van der Waals surface area (Å²) in [6.07, 6.45) is 0.117. The van der Waals surface area contributed by atoms with Gasteiger partial charge in [-0.3, -0.25) is 9.59 Å². The topological polar surface area (TPSA) is 92.7 Å². The van der Waals surface area contributed by atoms with Crippen molar-refractivity contribution in [2.45, 2.75) is 19.3 Å². The third-order valence-corrected chi connectivity index (χ3v) is 4.81. The van der Waals surface area contributed by atoms with Gasteiger partial charge in [-0.2, -0.15) is 14.9 Å². The van der Waals surface area contributed by atoms with Crippen LogP contribution in [-0.2, 0) is 4.79 Å². The molecule has 0 saturated carbocycles. The summed E-state index contributed by atoms with van der Waals surface area (Å²) in [6, 6.07) is 7.48. The summed E-state index contributed by atoms with van der Waals surface area (Å²) < 4.78 is 16.6. The average Bonchev–Trinajstić information content (AvgIpc) is 2.94. The minimum absolute atomic E-state index is 0.117. The van der Waals surface area contributed by atoms with Gasteiger partial charge in [0, 0.05) is 28.4 Å². The minimum atomic E-state index is -0.465. The van der Waals surface area contributed by atoms with Gasteiger partial charge in [0.2, 0.25) is 5.91 Å². The van der Waals surface area contributed by atoms with E-state index >= 15 is 0 Å². The van der Waals surface area contributed by atoms with Gasteiger partial charge < -0.3 is 5.32 Å². The maximum atomic E-state index is 14.4. The minimum Gasteiger partial charge on any atom is -0.310 e. The number of aryl methyl sites for hydroxylation is 1. The fraction of sp³-hybridized carbons (Fsp3) is 0.176. The Bertz CT molecular complexity index is 1070. The molecule has 0 aliphatic carbocycles. The SMILES string of the molecule is Cc1nn(-c2ccc(=O)[nH]n2)c2c1[C@H](c1cc(Br)ccc1F)CC(=O)N2. The Morgan fingerprint density at radius 3 is 2.81 bits per heavy atom. The highest BCUT2D eigenvalue weighted by Crippen LogP contribution is 2.41. The fourth-order valence-electron chi connectivity index (χ4n) is 3.22. The zero-order valence-corrected chi connectivity index (χ0v) is 15.2. The number of fused-ring (bicyclic) bond motifs is 1. The number of benzene rings is 1. The molecule has 1 aromatic carbocycles. The van der Waals surface area contributed by atoms with Crippen molar-refractivity contribution < 1.29 is 9.18 Å². The summed E-state index contributed by atoms with van der Waals surface area (Å²) in [5.74, 6) is -0.305. The number of hydrogen-bond acceptors (Lipinski definition) is 4. The summed E-state index contributed by atoms with van der Waals surface area (Å²) in [4.78, 5) is 23.5. The molecule has 1 aliphatic heterocycles. The third kappa shape index (κ3) is 2.74. The van der Waals surface area contributed by atoms with Crippen LogP contribution in [-0.4, -0.2) is 25.9 Å². The lowest BCUT2D eigenvalue weighted by molar-refractivity contribution is -0.116. The molecule has 7 nitrogen and oxygen atoms in total. The van der Waals surface area contributed by atoms with E-state index in [0.717, 1.165) is 10.0 Å². The molecule has 0 bridgehead atoms. The van der Waals surface area contributed by atoms with Crippen LogP contribution in [0.3, 0.4) is 0 Å².